The molecule has 102 valence electrons. The number of hydrogen-bond acceptors (Lipinski definition) is 5. The molecule has 0 saturated carbocycles. The zero-order valence-electron chi connectivity index (χ0n) is 10.9. The van der Waals surface area contributed by atoms with E-state index in [1.807, 2.05) is 12.4 Å². The topological polar surface area (TPSA) is 47.5 Å². The van der Waals surface area contributed by atoms with E-state index in [-0.39, 0.29) is 0 Å². The van der Waals surface area contributed by atoms with E-state index >= 15 is 0 Å². The first kappa shape index (κ1) is 15.3. The van der Waals surface area contributed by atoms with Crippen molar-refractivity contribution in [2.75, 3.05) is 45.4 Å². The van der Waals surface area contributed by atoms with Crippen LogP contribution in [0.15, 0.2) is 12.4 Å². The molecule has 0 aliphatic heterocycles. The Hall–Kier alpha value is -0.720. The van der Waals surface area contributed by atoms with Crippen molar-refractivity contribution in [2.24, 2.45) is 0 Å². The second-order valence-electron chi connectivity index (χ2n) is 3.85. The number of nitrogens with zero attached hydrogens (tertiary/aromatic N) is 3. The van der Waals surface area contributed by atoms with E-state index in [4.69, 9.17) is 9.47 Å². The predicted octanol–water partition coefficient (Wildman–Crippen LogP) is 1.86. The van der Waals surface area contributed by atoms with Gasteiger partial charge in [-0.3, -0.25) is 0 Å². The predicted molar refractivity (Wildman–Crippen MR) is 75.2 cm³/mol. The highest BCUT2D eigenvalue weighted by molar-refractivity contribution is 9.08. The van der Waals surface area contributed by atoms with Crippen LogP contribution in [0.2, 0.25) is 0 Å². The summed E-state index contributed by atoms with van der Waals surface area (Å²) in [6.45, 7) is 3.05. The van der Waals surface area contributed by atoms with E-state index in [1.165, 1.54) is 0 Å². The molecule has 0 radical (unpaired) electrons. The highest BCUT2D eigenvalue weighted by atomic mass is 79.9. The summed E-state index contributed by atoms with van der Waals surface area (Å²) in [6.07, 6.45) is 4.63. The molecule has 0 amide bonds. The molecule has 0 atom stereocenters. The molecule has 1 aromatic rings. The summed E-state index contributed by atoms with van der Waals surface area (Å²) in [5.41, 5.74) is 1.07. The lowest BCUT2D eigenvalue weighted by molar-refractivity contribution is 0.190. The summed E-state index contributed by atoms with van der Waals surface area (Å²) in [7, 11) is 3.41. The third-order valence-corrected chi connectivity index (χ3v) is 3.12. The lowest BCUT2D eigenvalue weighted by Gasteiger charge is -2.22. The van der Waals surface area contributed by atoms with Crippen LogP contribution < -0.4 is 4.90 Å². The summed E-state index contributed by atoms with van der Waals surface area (Å²) in [5.74, 6) is 0.743. The largest absolute Gasteiger partial charge is 0.385 e. The summed E-state index contributed by atoms with van der Waals surface area (Å²) >= 11 is 3.38. The van der Waals surface area contributed by atoms with Gasteiger partial charge >= 0.3 is 0 Å². The maximum Gasteiger partial charge on any atom is 0.225 e. The Balaban J connectivity index is 2.60. The fourth-order valence-corrected chi connectivity index (χ4v) is 1.78. The van der Waals surface area contributed by atoms with Crippen LogP contribution in [-0.2, 0) is 14.8 Å². The number of alkyl halides is 1. The fourth-order valence-electron chi connectivity index (χ4n) is 1.49. The Kier molecular flexibility index (Phi) is 7.88. The van der Waals surface area contributed by atoms with E-state index < -0.39 is 0 Å². The third-order valence-electron chi connectivity index (χ3n) is 2.47. The molecular weight excluding hydrogens is 298 g/mol. The van der Waals surface area contributed by atoms with Gasteiger partial charge in [0.25, 0.3) is 0 Å². The van der Waals surface area contributed by atoms with E-state index in [9.17, 15) is 0 Å². The van der Waals surface area contributed by atoms with E-state index in [0.717, 1.165) is 43.0 Å². The van der Waals surface area contributed by atoms with E-state index in [1.54, 1.807) is 14.2 Å². The summed E-state index contributed by atoms with van der Waals surface area (Å²) in [5, 5.41) is 0.773. The maximum absolute atomic E-state index is 5.11. The summed E-state index contributed by atoms with van der Waals surface area (Å²) in [4.78, 5) is 10.9. The lowest BCUT2D eigenvalue weighted by Crippen LogP contribution is -2.30. The molecule has 0 bridgehead atoms. The smallest absolute Gasteiger partial charge is 0.225 e. The van der Waals surface area contributed by atoms with Gasteiger partial charge in [0.05, 0.1) is 6.61 Å². The first-order valence-corrected chi connectivity index (χ1v) is 7.03. The van der Waals surface area contributed by atoms with Gasteiger partial charge in [0, 0.05) is 51.6 Å². The van der Waals surface area contributed by atoms with Crippen LogP contribution in [0.4, 0.5) is 5.95 Å². The number of ether oxygens (including phenoxy) is 2. The minimum Gasteiger partial charge on any atom is -0.385 e. The molecular formula is C12H20BrN3O2. The second-order valence-corrected chi connectivity index (χ2v) is 4.41. The molecule has 18 heavy (non-hydrogen) atoms. The number of methoxy groups -OCH3 is 2. The average molecular weight is 318 g/mol. The van der Waals surface area contributed by atoms with Crippen LogP contribution >= 0.6 is 15.9 Å². The molecule has 6 heteroatoms. The zero-order valence-corrected chi connectivity index (χ0v) is 12.5. The standard InChI is InChI=1S/C12H20BrN3O2/c1-17-6-3-4-16(5-7-18-2)12-14-9-11(8-13)10-15-12/h9-10H,3-8H2,1-2H3. The number of anilines is 1. The fraction of sp³-hybridized carbons (Fsp3) is 0.667. The van der Waals surface area contributed by atoms with Crippen molar-refractivity contribution in [3.8, 4) is 0 Å². The third kappa shape index (κ3) is 5.29. The normalized spacial score (nSPS) is 10.6. The minimum atomic E-state index is 0.663. The van der Waals surface area contributed by atoms with Gasteiger partial charge in [-0.05, 0) is 12.0 Å². The van der Waals surface area contributed by atoms with Gasteiger partial charge in [-0.25, -0.2) is 9.97 Å². The summed E-state index contributed by atoms with van der Waals surface area (Å²) in [6, 6.07) is 0. The van der Waals surface area contributed by atoms with Crippen LogP contribution in [0.25, 0.3) is 0 Å². The molecule has 0 N–H and O–H groups in total. The molecule has 0 fully saturated rings. The van der Waals surface area contributed by atoms with Gasteiger partial charge in [0.15, 0.2) is 0 Å². The molecule has 0 aliphatic carbocycles. The molecule has 1 aromatic heterocycles. The van der Waals surface area contributed by atoms with Crippen molar-refractivity contribution < 1.29 is 9.47 Å². The Morgan fingerprint density at radius 2 is 1.78 bits per heavy atom. The number of aromatic nitrogens is 2. The maximum atomic E-state index is 5.11. The van der Waals surface area contributed by atoms with Gasteiger partial charge in [-0.1, -0.05) is 15.9 Å². The Morgan fingerprint density at radius 3 is 2.33 bits per heavy atom. The van der Waals surface area contributed by atoms with Gasteiger partial charge in [0.1, 0.15) is 0 Å². The summed E-state index contributed by atoms with van der Waals surface area (Å²) < 4.78 is 10.2. The Labute approximate surface area is 117 Å². The zero-order chi connectivity index (χ0) is 13.2. The van der Waals surface area contributed by atoms with E-state index in [2.05, 4.69) is 30.8 Å². The number of halogens is 1. The van der Waals surface area contributed by atoms with Crippen molar-refractivity contribution in [3.63, 3.8) is 0 Å². The van der Waals surface area contributed by atoms with Gasteiger partial charge in [0.2, 0.25) is 5.95 Å². The first-order valence-electron chi connectivity index (χ1n) is 5.91. The SMILES string of the molecule is COCCCN(CCOC)c1ncc(CBr)cn1. The quantitative estimate of drug-likeness (QED) is 0.514. The van der Waals surface area contributed by atoms with Crippen LogP contribution in [0.5, 0.6) is 0 Å². The van der Waals surface area contributed by atoms with Crippen LogP contribution in [-0.4, -0.2) is 50.5 Å². The monoisotopic (exact) mass is 317 g/mol. The average Bonchev–Trinajstić information content (AvgIpc) is 2.43. The van der Waals surface area contributed by atoms with Crippen LogP contribution in [0, 0.1) is 0 Å². The second kappa shape index (κ2) is 9.24. The van der Waals surface area contributed by atoms with Crippen molar-refractivity contribution >= 4 is 21.9 Å². The molecule has 0 saturated heterocycles. The van der Waals surface area contributed by atoms with Crippen molar-refractivity contribution in [1.29, 1.82) is 0 Å². The lowest BCUT2D eigenvalue weighted by atomic mass is 10.4. The highest BCUT2D eigenvalue weighted by Gasteiger charge is 2.08. The van der Waals surface area contributed by atoms with Crippen LogP contribution in [0.1, 0.15) is 12.0 Å². The number of rotatable bonds is 9. The molecule has 5 nitrogen and oxygen atoms in total. The molecule has 1 heterocycles. The Morgan fingerprint density at radius 1 is 1.11 bits per heavy atom. The van der Waals surface area contributed by atoms with Crippen LogP contribution in [0.3, 0.4) is 0 Å². The number of hydrogen-bond donors (Lipinski definition) is 0. The van der Waals surface area contributed by atoms with Crippen molar-refractivity contribution in [3.05, 3.63) is 18.0 Å². The molecule has 0 spiro atoms. The minimum absolute atomic E-state index is 0.663. The molecule has 0 aromatic carbocycles. The van der Waals surface area contributed by atoms with Crippen molar-refractivity contribution in [1.82, 2.24) is 9.97 Å². The van der Waals surface area contributed by atoms with Crippen molar-refractivity contribution in [2.45, 2.75) is 11.8 Å². The Bertz CT molecular complexity index is 322. The van der Waals surface area contributed by atoms with Gasteiger partial charge in [-0.2, -0.15) is 0 Å². The molecule has 0 unspecified atom stereocenters. The van der Waals surface area contributed by atoms with E-state index in [0.29, 0.717) is 6.61 Å². The first-order chi connectivity index (χ1) is 8.81. The van der Waals surface area contributed by atoms with Gasteiger partial charge in [-0.15, -0.1) is 0 Å². The molecule has 0 aliphatic rings. The van der Waals surface area contributed by atoms with Gasteiger partial charge < -0.3 is 14.4 Å². The molecule has 1 rings (SSSR count). The highest BCUT2D eigenvalue weighted by Crippen LogP contribution is 2.09.